The number of rotatable bonds is 2. The Hall–Kier alpha value is -2.07. The Morgan fingerprint density at radius 1 is 1.10 bits per heavy atom. The lowest BCUT2D eigenvalue weighted by Crippen LogP contribution is -2.29. The van der Waals surface area contributed by atoms with Gasteiger partial charge in [-0.25, -0.2) is 4.99 Å². The molecule has 0 fully saturated rings. The van der Waals surface area contributed by atoms with Crippen molar-refractivity contribution in [1.82, 2.24) is 0 Å². The van der Waals surface area contributed by atoms with Crippen LogP contribution in [0.25, 0.3) is 0 Å². The van der Waals surface area contributed by atoms with Gasteiger partial charge in [-0.2, -0.15) is 0 Å². The van der Waals surface area contributed by atoms with Gasteiger partial charge in [0.2, 0.25) is 0 Å². The van der Waals surface area contributed by atoms with E-state index >= 15 is 0 Å². The van der Waals surface area contributed by atoms with Crippen LogP contribution in [0, 0.1) is 17.8 Å². The number of benzene rings is 1. The number of carbonyl (C=O) groups is 2. The first-order valence-corrected chi connectivity index (χ1v) is 11.0. The number of aliphatic imine (C=N–C) groups is 2. The monoisotopic (exact) mass is 412 g/mol. The number of ketones is 2. The number of nitrogens with zero attached hydrogens (tertiary/aromatic N) is 2. The highest BCUT2D eigenvalue weighted by Crippen LogP contribution is 2.29. The molecule has 1 aromatic carbocycles. The van der Waals surface area contributed by atoms with Crippen molar-refractivity contribution in [3.8, 4) is 0 Å². The second-order valence-electron chi connectivity index (χ2n) is 8.10. The van der Waals surface area contributed by atoms with E-state index in [1.165, 1.54) is 0 Å². The van der Waals surface area contributed by atoms with Crippen molar-refractivity contribution in [1.29, 1.82) is 0 Å². The molecule has 1 heterocycles. The Labute approximate surface area is 178 Å². The van der Waals surface area contributed by atoms with Gasteiger partial charge in [-0.05, 0) is 49.3 Å². The van der Waals surface area contributed by atoms with Crippen LogP contribution >= 0.6 is 11.6 Å². The van der Waals surface area contributed by atoms with Gasteiger partial charge >= 0.3 is 0 Å². The first-order valence-electron chi connectivity index (χ1n) is 10.6. The van der Waals surface area contributed by atoms with E-state index in [0.717, 1.165) is 24.0 Å². The highest BCUT2D eigenvalue weighted by Gasteiger charge is 2.29. The molecule has 0 amide bonds. The molecule has 1 aliphatic carbocycles. The summed E-state index contributed by atoms with van der Waals surface area (Å²) in [6.45, 7) is 6.66. The zero-order valence-electron chi connectivity index (χ0n) is 17.5. The van der Waals surface area contributed by atoms with Crippen LogP contribution in [0.4, 0.5) is 0 Å². The van der Waals surface area contributed by atoms with Crippen LogP contribution in [0.2, 0.25) is 5.02 Å². The molecule has 2 aliphatic rings. The van der Waals surface area contributed by atoms with Gasteiger partial charge < -0.3 is 0 Å². The van der Waals surface area contributed by atoms with E-state index in [1.807, 2.05) is 38.1 Å². The fourth-order valence-corrected chi connectivity index (χ4v) is 4.31. The van der Waals surface area contributed by atoms with Crippen LogP contribution < -0.4 is 0 Å². The molecule has 0 N–H and O–H groups in total. The summed E-state index contributed by atoms with van der Waals surface area (Å²) in [5.74, 6) is 0.808. The SMILES string of the molecule is CCC1CCN=C(c2ccccc2Cl)N=C2C(=O)CCC(C)C(=O)C(C)CC=C21. The third kappa shape index (κ3) is 4.92. The summed E-state index contributed by atoms with van der Waals surface area (Å²) in [6.07, 6.45) is 5.36. The zero-order valence-corrected chi connectivity index (χ0v) is 18.2. The third-order valence-electron chi connectivity index (χ3n) is 6.01. The fourth-order valence-electron chi connectivity index (χ4n) is 4.09. The molecule has 0 spiro atoms. The summed E-state index contributed by atoms with van der Waals surface area (Å²) in [5.41, 5.74) is 2.23. The Bertz CT molecular complexity index is 885. The largest absolute Gasteiger partial charge is 0.299 e. The van der Waals surface area contributed by atoms with Crippen LogP contribution in [0.15, 0.2) is 45.9 Å². The maximum Gasteiger partial charge on any atom is 0.181 e. The summed E-state index contributed by atoms with van der Waals surface area (Å²) < 4.78 is 0. The van der Waals surface area contributed by atoms with Gasteiger partial charge in [0, 0.05) is 30.4 Å². The van der Waals surface area contributed by atoms with Crippen LogP contribution in [0.1, 0.15) is 58.4 Å². The molecule has 0 saturated carbocycles. The van der Waals surface area contributed by atoms with E-state index in [0.29, 0.717) is 42.4 Å². The lowest BCUT2D eigenvalue weighted by Gasteiger charge is -2.25. The number of hydrogen-bond donors (Lipinski definition) is 0. The number of Topliss-reactive ketones (excluding diaryl/α,β-unsaturated/α-hetero) is 2. The van der Waals surface area contributed by atoms with Crippen molar-refractivity contribution in [2.45, 2.75) is 52.9 Å². The van der Waals surface area contributed by atoms with Gasteiger partial charge in [-0.15, -0.1) is 0 Å². The third-order valence-corrected chi connectivity index (χ3v) is 6.34. The van der Waals surface area contributed by atoms with Gasteiger partial charge in [-0.1, -0.05) is 50.6 Å². The van der Waals surface area contributed by atoms with Crippen molar-refractivity contribution < 1.29 is 9.59 Å². The molecule has 1 aromatic rings. The number of halogens is 1. The molecule has 3 atom stereocenters. The van der Waals surface area contributed by atoms with Gasteiger partial charge in [0.15, 0.2) is 11.6 Å². The van der Waals surface area contributed by atoms with E-state index in [4.69, 9.17) is 16.6 Å². The molecule has 0 radical (unpaired) electrons. The zero-order chi connectivity index (χ0) is 21.0. The lowest BCUT2D eigenvalue weighted by molar-refractivity contribution is -0.126. The predicted molar refractivity (Wildman–Crippen MR) is 119 cm³/mol. The van der Waals surface area contributed by atoms with Crippen LogP contribution in [-0.4, -0.2) is 29.7 Å². The molecule has 3 rings (SSSR count). The first-order chi connectivity index (χ1) is 13.9. The summed E-state index contributed by atoms with van der Waals surface area (Å²) in [7, 11) is 0. The van der Waals surface area contributed by atoms with E-state index in [2.05, 4.69) is 18.0 Å². The minimum Gasteiger partial charge on any atom is -0.299 e. The standard InChI is InChI=1S/C24H29ClN2O2/c1-4-17-13-14-26-24(19-7-5-6-8-20(19)25)27-22-18(17)11-9-15(2)23(29)16(3)10-12-21(22)28/h5-8,11,15-17H,4,9-10,12-14H2,1-3H3. The number of carbonyl (C=O) groups excluding carboxylic acids is 2. The average Bonchev–Trinajstić information content (AvgIpc) is 2.70. The van der Waals surface area contributed by atoms with E-state index in [1.54, 1.807) is 0 Å². The lowest BCUT2D eigenvalue weighted by atomic mass is 9.81. The van der Waals surface area contributed by atoms with Gasteiger partial charge in [0.1, 0.15) is 11.5 Å². The topological polar surface area (TPSA) is 58.9 Å². The smallest absolute Gasteiger partial charge is 0.181 e. The maximum absolute atomic E-state index is 13.2. The summed E-state index contributed by atoms with van der Waals surface area (Å²) in [5, 5.41) is 0.578. The molecule has 0 bridgehead atoms. The van der Waals surface area contributed by atoms with Crippen LogP contribution in [-0.2, 0) is 9.59 Å². The Morgan fingerprint density at radius 3 is 2.59 bits per heavy atom. The van der Waals surface area contributed by atoms with E-state index in [-0.39, 0.29) is 29.3 Å². The van der Waals surface area contributed by atoms with Crippen molar-refractivity contribution in [2.24, 2.45) is 27.7 Å². The van der Waals surface area contributed by atoms with Crippen molar-refractivity contribution in [2.75, 3.05) is 6.54 Å². The molecule has 0 saturated heterocycles. The molecular weight excluding hydrogens is 384 g/mol. The molecular formula is C24H29ClN2O2. The molecule has 4 nitrogen and oxygen atoms in total. The normalized spacial score (nSPS) is 26.5. The van der Waals surface area contributed by atoms with E-state index in [9.17, 15) is 9.59 Å². The van der Waals surface area contributed by atoms with Crippen LogP contribution in [0.5, 0.6) is 0 Å². The number of hydrogen-bond acceptors (Lipinski definition) is 4. The average molecular weight is 413 g/mol. The van der Waals surface area contributed by atoms with Gasteiger partial charge in [-0.3, -0.25) is 14.6 Å². The van der Waals surface area contributed by atoms with Gasteiger partial charge in [0.05, 0.1) is 5.02 Å². The van der Waals surface area contributed by atoms with Crippen molar-refractivity contribution >= 4 is 34.7 Å². The summed E-state index contributed by atoms with van der Waals surface area (Å²) >= 11 is 6.39. The Kier molecular flexibility index (Phi) is 7.18. The van der Waals surface area contributed by atoms with Gasteiger partial charge in [0.25, 0.3) is 0 Å². The highest BCUT2D eigenvalue weighted by molar-refractivity contribution is 6.48. The summed E-state index contributed by atoms with van der Waals surface area (Å²) in [4.78, 5) is 35.3. The first kappa shape index (κ1) is 21.6. The molecule has 3 unspecified atom stereocenters. The van der Waals surface area contributed by atoms with Crippen LogP contribution in [0.3, 0.4) is 0 Å². The molecule has 1 aliphatic heterocycles. The summed E-state index contributed by atoms with van der Waals surface area (Å²) in [6, 6.07) is 7.48. The fraction of sp³-hybridized carbons (Fsp3) is 0.500. The Morgan fingerprint density at radius 2 is 1.86 bits per heavy atom. The predicted octanol–water partition coefficient (Wildman–Crippen LogP) is 5.48. The Balaban J connectivity index is 2.12. The van der Waals surface area contributed by atoms with Crippen molar-refractivity contribution in [3.05, 3.63) is 46.5 Å². The maximum atomic E-state index is 13.2. The van der Waals surface area contributed by atoms with E-state index < -0.39 is 0 Å². The quantitative estimate of drug-likeness (QED) is 0.645. The number of allylic oxidation sites excluding steroid dienone is 2. The molecule has 29 heavy (non-hydrogen) atoms. The van der Waals surface area contributed by atoms with Crippen molar-refractivity contribution in [3.63, 3.8) is 0 Å². The number of fused-ring (bicyclic) bond motifs is 1. The highest BCUT2D eigenvalue weighted by atomic mass is 35.5. The molecule has 0 aromatic heterocycles. The minimum absolute atomic E-state index is 0.00874. The second kappa shape index (κ2) is 9.62. The number of amidine groups is 1. The second-order valence-corrected chi connectivity index (χ2v) is 8.51. The molecule has 5 heteroatoms. The molecule has 154 valence electrons. The minimum atomic E-state index is -0.114.